The van der Waals surface area contributed by atoms with Crippen LogP contribution in [0.3, 0.4) is 0 Å². The van der Waals surface area contributed by atoms with E-state index in [0.717, 1.165) is 9.88 Å². The molecule has 0 saturated carbocycles. The zero-order valence-corrected chi connectivity index (χ0v) is 10.6. The summed E-state index contributed by atoms with van der Waals surface area (Å²) in [5.74, 6) is -0.0400. The predicted molar refractivity (Wildman–Crippen MR) is 61.3 cm³/mol. The van der Waals surface area contributed by atoms with Crippen LogP contribution in [0.4, 0.5) is 0 Å². The molecule has 0 fully saturated rings. The molecule has 2 heterocycles. The van der Waals surface area contributed by atoms with Gasteiger partial charge in [-0.15, -0.1) is 11.3 Å². The van der Waals surface area contributed by atoms with Crippen molar-refractivity contribution in [3.63, 3.8) is 0 Å². The van der Waals surface area contributed by atoms with E-state index < -0.39 is 0 Å². The first-order valence-corrected chi connectivity index (χ1v) is 5.88. The summed E-state index contributed by atoms with van der Waals surface area (Å²) < 4.78 is 0. The van der Waals surface area contributed by atoms with E-state index >= 15 is 0 Å². The molecule has 1 N–H and O–H groups in total. The highest BCUT2D eigenvalue weighted by molar-refractivity contribution is 7.12. The molecular formula is C11H16N2OS. The minimum atomic E-state index is -0.256. The van der Waals surface area contributed by atoms with E-state index in [2.05, 4.69) is 31.1 Å². The lowest BCUT2D eigenvalue weighted by molar-refractivity contribution is 0.0936. The van der Waals surface area contributed by atoms with Gasteiger partial charge < -0.3 is 5.32 Å². The molecule has 0 saturated heterocycles. The highest BCUT2D eigenvalue weighted by Gasteiger charge is 2.40. The van der Waals surface area contributed by atoms with Crippen LogP contribution in [-0.2, 0) is 11.0 Å². The van der Waals surface area contributed by atoms with Crippen LogP contribution in [0.25, 0.3) is 0 Å². The minimum Gasteiger partial charge on any atom is -0.341 e. The molecular weight excluding hydrogens is 208 g/mol. The number of thiazole rings is 1. The molecule has 1 aromatic rings. The zero-order chi connectivity index (χ0) is 11.4. The number of nitrogens with zero attached hydrogens (tertiary/aromatic N) is 1. The Morgan fingerprint density at radius 2 is 1.93 bits per heavy atom. The normalized spacial score (nSPS) is 18.9. The number of carbonyl (C=O) groups is 1. The van der Waals surface area contributed by atoms with Gasteiger partial charge in [0.2, 0.25) is 0 Å². The average molecular weight is 224 g/mol. The van der Waals surface area contributed by atoms with E-state index in [1.807, 2.05) is 13.8 Å². The third-order valence-corrected chi connectivity index (χ3v) is 4.28. The molecule has 1 aliphatic heterocycles. The van der Waals surface area contributed by atoms with Crippen molar-refractivity contribution in [2.75, 3.05) is 0 Å². The Bertz CT molecular complexity index is 426. The molecule has 0 radical (unpaired) electrons. The van der Waals surface area contributed by atoms with Gasteiger partial charge in [0.25, 0.3) is 5.91 Å². The van der Waals surface area contributed by atoms with Gasteiger partial charge in [-0.05, 0) is 13.8 Å². The summed E-state index contributed by atoms with van der Waals surface area (Å²) in [7, 11) is 0. The van der Waals surface area contributed by atoms with Crippen LogP contribution < -0.4 is 5.32 Å². The van der Waals surface area contributed by atoms with E-state index in [-0.39, 0.29) is 16.9 Å². The molecule has 0 bridgehead atoms. The fourth-order valence-corrected chi connectivity index (χ4v) is 2.80. The number of carbonyl (C=O) groups excluding carboxylic acids is 1. The Balaban J connectivity index is 2.55. The fourth-order valence-electron chi connectivity index (χ4n) is 1.62. The van der Waals surface area contributed by atoms with Gasteiger partial charge in [-0.3, -0.25) is 4.79 Å². The largest absolute Gasteiger partial charge is 0.341 e. The van der Waals surface area contributed by atoms with Crippen molar-refractivity contribution >= 4 is 17.2 Å². The van der Waals surface area contributed by atoms with Crippen molar-refractivity contribution in [1.82, 2.24) is 10.3 Å². The van der Waals surface area contributed by atoms with Crippen LogP contribution in [0.5, 0.6) is 0 Å². The number of amides is 1. The van der Waals surface area contributed by atoms with Gasteiger partial charge >= 0.3 is 0 Å². The van der Waals surface area contributed by atoms with Crippen LogP contribution in [0.15, 0.2) is 0 Å². The quantitative estimate of drug-likeness (QED) is 0.735. The smallest absolute Gasteiger partial charge is 0.271 e. The van der Waals surface area contributed by atoms with Gasteiger partial charge in [0.05, 0.1) is 15.4 Å². The molecule has 0 atom stereocenters. The van der Waals surface area contributed by atoms with E-state index in [4.69, 9.17) is 0 Å². The number of rotatable bonds is 0. The van der Waals surface area contributed by atoms with Crippen LogP contribution in [0.2, 0.25) is 0 Å². The van der Waals surface area contributed by atoms with Crippen molar-refractivity contribution < 1.29 is 4.79 Å². The highest BCUT2D eigenvalue weighted by Crippen LogP contribution is 2.38. The van der Waals surface area contributed by atoms with Crippen molar-refractivity contribution in [2.45, 2.75) is 45.6 Å². The zero-order valence-electron chi connectivity index (χ0n) is 9.76. The molecule has 0 aromatic carbocycles. The van der Waals surface area contributed by atoms with Crippen molar-refractivity contribution in [1.29, 1.82) is 0 Å². The van der Waals surface area contributed by atoms with Gasteiger partial charge in [0, 0.05) is 5.41 Å². The molecule has 82 valence electrons. The second kappa shape index (κ2) is 2.82. The van der Waals surface area contributed by atoms with Crippen LogP contribution >= 0.6 is 11.3 Å². The van der Waals surface area contributed by atoms with E-state index in [0.29, 0.717) is 5.69 Å². The lowest BCUT2D eigenvalue weighted by Gasteiger charge is -2.19. The lowest BCUT2D eigenvalue weighted by atomic mass is 9.98. The molecule has 0 aliphatic carbocycles. The maximum atomic E-state index is 11.7. The molecule has 1 aliphatic rings. The van der Waals surface area contributed by atoms with Gasteiger partial charge in [-0.25, -0.2) is 4.98 Å². The third-order valence-electron chi connectivity index (χ3n) is 2.48. The number of nitrogens with one attached hydrogen (secondary N) is 1. The molecule has 3 nitrogen and oxygen atoms in total. The van der Waals surface area contributed by atoms with E-state index in [9.17, 15) is 4.79 Å². The van der Waals surface area contributed by atoms with E-state index in [1.54, 1.807) is 11.3 Å². The van der Waals surface area contributed by atoms with E-state index in [1.165, 1.54) is 0 Å². The summed E-state index contributed by atoms with van der Waals surface area (Å²) in [5.41, 5.74) is 0.383. The molecule has 0 unspecified atom stereocenters. The molecule has 1 aromatic heterocycles. The Morgan fingerprint density at radius 3 is 2.40 bits per heavy atom. The highest BCUT2D eigenvalue weighted by atomic mass is 32.1. The van der Waals surface area contributed by atoms with Gasteiger partial charge in [-0.1, -0.05) is 20.8 Å². The first-order chi connectivity index (χ1) is 6.72. The maximum Gasteiger partial charge on any atom is 0.271 e. The van der Waals surface area contributed by atoms with Crippen LogP contribution in [0.1, 0.15) is 55.0 Å². The Kier molecular flexibility index (Phi) is 1.99. The van der Waals surface area contributed by atoms with Gasteiger partial charge in [0.15, 0.2) is 0 Å². The van der Waals surface area contributed by atoms with Crippen molar-refractivity contribution in [3.8, 4) is 0 Å². The summed E-state index contributed by atoms with van der Waals surface area (Å²) in [5, 5.41) is 3.96. The standard InChI is InChI=1S/C11H16N2OS/c1-10(2,3)9-12-6-7(15-9)11(4,5)13-8(6)14/h1-5H3,(H,13,14). The number of hydrogen-bond acceptors (Lipinski definition) is 3. The van der Waals surface area contributed by atoms with Gasteiger partial charge in [0.1, 0.15) is 5.69 Å². The van der Waals surface area contributed by atoms with Crippen molar-refractivity contribution in [2.24, 2.45) is 0 Å². The number of hydrogen-bond donors (Lipinski definition) is 1. The minimum absolute atomic E-state index is 0.0192. The summed E-state index contributed by atoms with van der Waals surface area (Å²) in [6, 6.07) is 0. The molecule has 0 spiro atoms. The lowest BCUT2D eigenvalue weighted by Crippen LogP contribution is -2.32. The Hall–Kier alpha value is -0.900. The molecule has 4 heteroatoms. The molecule has 1 amide bonds. The summed E-state index contributed by atoms with van der Waals surface area (Å²) in [6.45, 7) is 10.4. The number of fused-ring (bicyclic) bond motifs is 1. The first kappa shape index (κ1) is 10.6. The fraction of sp³-hybridized carbons (Fsp3) is 0.636. The first-order valence-electron chi connectivity index (χ1n) is 5.06. The second-order valence-electron chi connectivity index (χ2n) is 5.53. The number of aromatic nitrogens is 1. The van der Waals surface area contributed by atoms with Gasteiger partial charge in [-0.2, -0.15) is 0 Å². The van der Waals surface area contributed by atoms with Crippen LogP contribution in [-0.4, -0.2) is 10.9 Å². The molecule has 2 rings (SSSR count). The second-order valence-corrected chi connectivity index (χ2v) is 6.52. The topological polar surface area (TPSA) is 42.0 Å². The maximum absolute atomic E-state index is 11.7. The average Bonchev–Trinajstić information content (AvgIpc) is 2.51. The Morgan fingerprint density at radius 1 is 1.33 bits per heavy atom. The predicted octanol–water partition coefficient (Wildman–Crippen LogP) is 2.42. The van der Waals surface area contributed by atoms with Crippen molar-refractivity contribution in [3.05, 3.63) is 15.6 Å². The van der Waals surface area contributed by atoms with Crippen LogP contribution in [0, 0.1) is 0 Å². The SMILES string of the molecule is CC(C)(C)c1nc2c(s1)C(C)(C)NC2=O. The molecule has 15 heavy (non-hydrogen) atoms. The summed E-state index contributed by atoms with van der Waals surface area (Å²) in [4.78, 5) is 17.2. The summed E-state index contributed by atoms with van der Waals surface area (Å²) in [6.07, 6.45) is 0. The third kappa shape index (κ3) is 1.57. The Labute approximate surface area is 93.9 Å². The monoisotopic (exact) mass is 224 g/mol. The summed E-state index contributed by atoms with van der Waals surface area (Å²) >= 11 is 1.65.